The second-order valence-corrected chi connectivity index (χ2v) is 7.49. The molecule has 0 bridgehead atoms. The second kappa shape index (κ2) is 9.17. The third-order valence-electron chi connectivity index (χ3n) is 4.18. The van der Waals surface area contributed by atoms with Gasteiger partial charge in [0.1, 0.15) is 5.25 Å². The molecule has 3 rings (SSSR count). The van der Waals surface area contributed by atoms with Gasteiger partial charge in [-0.15, -0.1) is 5.10 Å². The fourth-order valence-electron chi connectivity index (χ4n) is 2.76. The van der Waals surface area contributed by atoms with Crippen molar-refractivity contribution in [3.8, 4) is 0 Å². The molecule has 1 heterocycles. The zero-order valence-corrected chi connectivity index (χ0v) is 16.6. The average Bonchev–Trinajstić information content (AvgIpc) is 3.01. The van der Waals surface area contributed by atoms with Gasteiger partial charge in [0.15, 0.2) is 5.17 Å². The molecule has 0 spiro atoms. The van der Waals surface area contributed by atoms with Crippen molar-refractivity contribution in [1.82, 2.24) is 0 Å². The zero-order valence-electron chi connectivity index (χ0n) is 15.7. The van der Waals surface area contributed by atoms with Crippen LogP contribution in [-0.2, 0) is 9.59 Å². The lowest BCUT2D eigenvalue weighted by atomic mass is 10.2. The SMILES string of the molecule is N/C(=N\N=C\c1cccc([N+](=O)[O-])c1)SC1CC(=O)N(c2ccc(C(=O)O)cc2)C1=O. The number of rotatable bonds is 6. The number of amidine groups is 1. The molecule has 3 N–H and O–H groups in total. The first kappa shape index (κ1) is 21.6. The maximum Gasteiger partial charge on any atom is 0.335 e. The van der Waals surface area contributed by atoms with Crippen molar-refractivity contribution < 1.29 is 24.4 Å². The van der Waals surface area contributed by atoms with E-state index in [0.29, 0.717) is 5.56 Å². The standard InChI is InChI=1S/C19H15N5O6S/c20-19(22-21-10-11-2-1-3-14(8-11)24(29)30)31-15-9-16(25)23(17(15)26)13-6-4-12(5-7-13)18(27)28/h1-8,10,15H,9H2,(H2,20,22)(H,27,28)/b21-10+. The smallest absolute Gasteiger partial charge is 0.335 e. The van der Waals surface area contributed by atoms with E-state index in [1.165, 1.54) is 48.7 Å². The highest BCUT2D eigenvalue weighted by Gasteiger charge is 2.40. The molecule has 0 radical (unpaired) electrons. The number of anilines is 1. The van der Waals surface area contributed by atoms with Gasteiger partial charge < -0.3 is 10.8 Å². The average molecular weight is 441 g/mol. The van der Waals surface area contributed by atoms with Crippen molar-refractivity contribution in [2.24, 2.45) is 15.9 Å². The van der Waals surface area contributed by atoms with E-state index in [4.69, 9.17) is 10.8 Å². The fourth-order valence-corrected chi connectivity index (χ4v) is 3.58. The van der Waals surface area contributed by atoms with Crippen LogP contribution in [0.25, 0.3) is 0 Å². The van der Waals surface area contributed by atoms with Gasteiger partial charge >= 0.3 is 5.97 Å². The highest BCUT2D eigenvalue weighted by molar-refractivity contribution is 8.14. The number of hydrogen-bond donors (Lipinski definition) is 2. The number of carbonyl (C=O) groups excluding carboxylic acids is 2. The Bertz CT molecular complexity index is 1120. The van der Waals surface area contributed by atoms with Crippen LogP contribution in [0.3, 0.4) is 0 Å². The van der Waals surface area contributed by atoms with E-state index >= 15 is 0 Å². The van der Waals surface area contributed by atoms with Crippen LogP contribution in [0.4, 0.5) is 11.4 Å². The summed E-state index contributed by atoms with van der Waals surface area (Å²) in [6.07, 6.45) is 1.17. The molecule has 0 aliphatic carbocycles. The summed E-state index contributed by atoms with van der Waals surface area (Å²) in [6, 6.07) is 11.1. The van der Waals surface area contributed by atoms with Crippen LogP contribution in [0.5, 0.6) is 0 Å². The molecular formula is C19H15N5O6S. The molecule has 2 aromatic carbocycles. The minimum absolute atomic E-state index is 0.0340. The number of carboxylic acids is 1. The first-order valence-electron chi connectivity index (χ1n) is 8.74. The van der Waals surface area contributed by atoms with Crippen LogP contribution in [-0.4, -0.2) is 44.4 Å². The number of hydrogen-bond acceptors (Lipinski definition) is 8. The van der Waals surface area contributed by atoms with Gasteiger partial charge in [-0.1, -0.05) is 23.9 Å². The van der Waals surface area contributed by atoms with Gasteiger partial charge in [0.05, 0.1) is 22.4 Å². The summed E-state index contributed by atoms with van der Waals surface area (Å²) in [5, 5.41) is 26.4. The summed E-state index contributed by atoms with van der Waals surface area (Å²) in [7, 11) is 0. The van der Waals surface area contributed by atoms with Crippen LogP contribution in [0, 0.1) is 10.1 Å². The van der Waals surface area contributed by atoms with Gasteiger partial charge in [-0.05, 0) is 24.3 Å². The number of nitro groups is 1. The van der Waals surface area contributed by atoms with Gasteiger partial charge in [0.2, 0.25) is 11.8 Å². The number of aromatic carboxylic acids is 1. The fraction of sp³-hybridized carbons (Fsp3) is 0.105. The van der Waals surface area contributed by atoms with E-state index in [1.54, 1.807) is 6.07 Å². The lowest BCUT2D eigenvalue weighted by Gasteiger charge is -2.14. The van der Waals surface area contributed by atoms with Crippen molar-refractivity contribution in [2.75, 3.05) is 4.90 Å². The van der Waals surface area contributed by atoms with Crippen LogP contribution < -0.4 is 10.6 Å². The van der Waals surface area contributed by atoms with E-state index in [2.05, 4.69) is 10.2 Å². The topological polar surface area (TPSA) is 169 Å². The summed E-state index contributed by atoms with van der Waals surface area (Å²) in [6.45, 7) is 0. The summed E-state index contributed by atoms with van der Waals surface area (Å²) < 4.78 is 0. The number of nitrogens with two attached hydrogens (primary N) is 1. The van der Waals surface area contributed by atoms with Crippen molar-refractivity contribution in [3.63, 3.8) is 0 Å². The van der Waals surface area contributed by atoms with Crippen molar-refractivity contribution in [1.29, 1.82) is 0 Å². The molecule has 0 saturated carbocycles. The van der Waals surface area contributed by atoms with Gasteiger partial charge in [0.25, 0.3) is 5.69 Å². The lowest BCUT2D eigenvalue weighted by molar-refractivity contribution is -0.384. The molecule has 1 unspecified atom stereocenters. The molecule has 1 aliphatic heterocycles. The number of non-ortho nitro benzene ring substituents is 1. The Kier molecular flexibility index (Phi) is 6.40. The molecule has 1 fully saturated rings. The molecule has 158 valence electrons. The zero-order chi connectivity index (χ0) is 22.5. The summed E-state index contributed by atoms with van der Waals surface area (Å²) in [5.41, 5.74) is 6.43. The molecule has 1 atom stereocenters. The predicted molar refractivity (Wildman–Crippen MR) is 114 cm³/mol. The van der Waals surface area contributed by atoms with Crippen molar-refractivity contribution >= 4 is 52.3 Å². The number of carboxylic acid groups (broad SMARTS) is 1. The van der Waals surface area contributed by atoms with E-state index in [9.17, 15) is 24.5 Å². The highest BCUT2D eigenvalue weighted by atomic mass is 32.2. The minimum Gasteiger partial charge on any atom is -0.478 e. The summed E-state index contributed by atoms with van der Waals surface area (Å²) in [5.74, 6) is -2.06. The van der Waals surface area contributed by atoms with Crippen LogP contribution in [0.1, 0.15) is 22.3 Å². The third-order valence-corrected chi connectivity index (χ3v) is 5.16. The highest BCUT2D eigenvalue weighted by Crippen LogP contribution is 2.30. The molecule has 1 saturated heterocycles. The quantitative estimate of drug-likeness (QED) is 0.225. The minimum atomic E-state index is -1.12. The normalized spacial score (nSPS) is 16.8. The maximum absolute atomic E-state index is 12.6. The van der Waals surface area contributed by atoms with E-state index in [-0.39, 0.29) is 28.5 Å². The Morgan fingerprint density at radius 3 is 2.61 bits per heavy atom. The predicted octanol–water partition coefficient (Wildman–Crippen LogP) is 2.01. The Morgan fingerprint density at radius 2 is 1.97 bits per heavy atom. The first-order valence-corrected chi connectivity index (χ1v) is 9.62. The Morgan fingerprint density at radius 1 is 1.26 bits per heavy atom. The molecule has 11 nitrogen and oxygen atoms in total. The van der Waals surface area contributed by atoms with Crippen molar-refractivity contribution in [3.05, 3.63) is 69.8 Å². The Hall–Kier alpha value is -4.06. The summed E-state index contributed by atoms with van der Waals surface area (Å²) in [4.78, 5) is 47.1. The van der Waals surface area contributed by atoms with E-state index < -0.39 is 28.0 Å². The molecule has 2 aromatic rings. The largest absolute Gasteiger partial charge is 0.478 e. The number of nitrogens with zero attached hydrogens (tertiary/aromatic N) is 4. The van der Waals surface area contributed by atoms with Gasteiger partial charge in [0, 0.05) is 24.1 Å². The monoisotopic (exact) mass is 441 g/mol. The van der Waals surface area contributed by atoms with E-state index in [1.807, 2.05) is 0 Å². The number of amides is 2. The number of imide groups is 1. The summed E-state index contributed by atoms with van der Waals surface area (Å²) >= 11 is 0.868. The van der Waals surface area contributed by atoms with Crippen LogP contribution >= 0.6 is 11.8 Å². The Labute approximate surface area is 179 Å². The molecule has 12 heteroatoms. The first-order chi connectivity index (χ1) is 14.8. The number of benzene rings is 2. The van der Waals surface area contributed by atoms with Crippen LogP contribution in [0.2, 0.25) is 0 Å². The number of nitro benzene ring substituents is 1. The van der Waals surface area contributed by atoms with Gasteiger partial charge in [-0.3, -0.25) is 19.7 Å². The number of thioether (sulfide) groups is 1. The molecule has 31 heavy (non-hydrogen) atoms. The lowest BCUT2D eigenvalue weighted by Crippen LogP contribution is -2.31. The maximum atomic E-state index is 12.6. The second-order valence-electron chi connectivity index (χ2n) is 6.26. The molecule has 2 amide bonds. The van der Waals surface area contributed by atoms with Crippen molar-refractivity contribution in [2.45, 2.75) is 11.7 Å². The van der Waals surface area contributed by atoms with Gasteiger partial charge in [-0.25, -0.2) is 9.69 Å². The molecule has 1 aliphatic rings. The van der Waals surface area contributed by atoms with E-state index in [0.717, 1.165) is 16.7 Å². The molecule has 0 aromatic heterocycles. The number of carbonyl (C=O) groups is 3. The van der Waals surface area contributed by atoms with Gasteiger partial charge in [-0.2, -0.15) is 5.10 Å². The van der Waals surface area contributed by atoms with Crippen LogP contribution in [0.15, 0.2) is 58.7 Å². The molecular weight excluding hydrogens is 426 g/mol. The third kappa shape index (κ3) is 5.11. The Balaban J connectivity index is 1.66.